The van der Waals surface area contributed by atoms with Crippen LogP contribution in [0.1, 0.15) is 218 Å². The molecule has 0 saturated carbocycles. The second kappa shape index (κ2) is 28.1. The van der Waals surface area contributed by atoms with Crippen molar-refractivity contribution in [2.45, 2.75) is 206 Å². The van der Waals surface area contributed by atoms with Crippen LogP contribution in [0.25, 0.3) is 0 Å². The van der Waals surface area contributed by atoms with E-state index >= 15 is 0 Å². The zero-order valence-electron chi connectivity index (χ0n) is 39.6. The molecular weight excluding hydrogens is 777 g/mol. The summed E-state index contributed by atoms with van der Waals surface area (Å²) < 4.78 is 37.8. The lowest BCUT2D eigenvalue weighted by Crippen LogP contribution is -2.37. The SMILES string of the molecule is CCCCCCCCCCCCCCCCCCN(C(N)=O)c1cc(NS(=O)(=O)c2c(C(C)C)cc(C(C)C)cc2C(C)C)ccc1Nc1ccc(OCCCCCC)cc1. The highest BCUT2D eigenvalue weighted by Gasteiger charge is 2.28. The van der Waals surface area contributed by atoms with E-state index in [0.29, 0.717) is 35.1 Å². The van der Waals surface area contributed by atoms with E-state index in [4.69, 9.17) is 10.5 Å². The number of nitrogens with two attached hydrogens (primary N) is 1. The Hall–Kier alpha value is -3.72. The summed E-state index contributed by atoms with van der Waals surface area (Å²) in [6, 6.07) is 16.6. The molecule has 342 valence electrons. The van der Waals surface area contributed by atoms with Crippen LogP contribution in [0.3, 0.4) is 0 Å². The molecule has 0 atom stereocenters. The summed E-state index contributed by atoms with van der Waals surface area (Å²) in [6.45, 7) is 18.0. The van der Waals surface area contributed by atoms with Crippen LogP contribution in [0.4, 0.5) is 27.5 Å². The van der Waals surface area contributed by atoms with Gasteiger partial charge < -0.3 is 15.8 Å². The lowest BCUT2D eigenvalue weighted by molar-refractivity contribution is 0.253. The number of ether oxygens (including phenoxy) is 1. The second-order valence-electron chi connectivity index (χ2n) is 18.2. The van der Waals surface area contributed by atoms with Crippen LogP contribution in [-0.4, -0.2) is 27.6 Å². The number of carbonyl (C=O) groups is 1. The third-order valence-corrected chi connectivity index (χ3v) is 13.3. The number of hydrogen-bond acceptors (Lipinski definition) is 5. The second-order valence-corrected chi connectivity index (χ2v) is 19.8. The minimum absolute atomic E-state index is 0.00664. The van der Waals surface area contributed by atoms with Crippen molar-refractivity contribution in [1.82, 2.24) is 0 Å². The predicted molar refractivity (Wildman–Crippen MR) is 262 cm³/mol. The van der Waals surface area contributed by atoms with Gasteiger partial charge in [-0.2, -0.15) is 0 Å². The number of nitrogens with zero attached hydrogens (tertiary/aromatic N) is 1. The monoisotopic (exact) mass is 861 g/mol. The van der Waals surface area contributed by atoms with E-state index in [2.05, 4.69) is 37.7 Å². The Labute approximate surface area is 372 Å². The molecule has 0 aliphatic heterocycles. The molecule has 0 aliphatic rings. The standard InChI is InChI=1S/C52H84N4O4S/c1-9-11-13-15-16-17-18-19-20-21-22-23-24-25-26-27-35-56(52(53)57)50-39-45(31-34-49(50)54-44-29-32-46(33-30-44)60-36-28-14-12-10-2)55-61(58,59)51-47(41(5)6)37-43(40(3)4)38-48(51)42(7)8/h29-34,37-42,54-55H,9-28,35-36H2,1-8H3,(H2,53,57). The topological polar surface area (TPSA) is 114 Å². The van der Waals surface area contributed by atoms with Gasteiger partial charge in [0, 0.05) is 12.2 Å². The number of sulfonamides is 1. The molecule has 9 heteroatoms. The molecule has 0 radical (unpaired) electrons. The summed E-state index contributed by atoms with van der Waals surface area (Å²) in [5, 5.41) is 3.48. The van der Waals surface area contributed by atoms with Gasteiger partial charge in [0.25, 0.3) is 10.0 Å². The van der Waals surface area contributed by atoms with E-state index in [9.17, 15) is 13.2 Å². The van der Waals surface area contributed by atoms with Crippen LogP contribution < -0.4 is 25.4 Å². The fourth-order valence-corrected chi connectivity index (χ4v) is 9.76. The van der Waals surface area contributed by atoms with Gasteiger partial charge in [-0.3, -0.25) is 9.62 Å². The van der Waals surface area contributed by atoms with Gasteiger partial charge in [-0.05, 0) is 89.8 Å². The van der Waals surface area contributed by atoms with Crippen molar-refractivity contribution >= 4 is 38.8 Å². The number of unbranched alkanes of at least 4 members (excludes halogenated alkanes) is 18. The van der Waals surface area contributed by atoms with Gasteiger partial charge in [0.15, 0.2) is 0 Å². The Morgan fingerprint density at radius 3 is 1.52 bits per heavy atom. The number of primary amides is 1. The van der Waals surface area contributed by atoms with Crippen molar-refractivity contribution in [3.63, 3.8) is 0 Å². The average molecular weight is 861 g/mol. The molecular formula is C52H84N4O4S. The quantitative estimate of drug-likeness (QED) is 0.0541. The molecule has 0 aliphatic carbocycles. The van der Waals surface area contributed by atoms with Crippen LogP contribution in [0.5, 0.6) is 5.75 Å². The van der Waals surface area contributed by atoms with Gasteiger partial charge in [-0.25, -0.2) is 13.2 Å². The smallest absolute Gasteiger partial charge is 0.319 e. The number of anilines is 4. The van der Waals surface area contributed by atoms with Crippen LogP contribution in [-0.2, 0) is 10.0 Å². The molecule has 0 fully saturated rings. The van der Waals surface area contributed by atoms with E-state index in [-0.39, 0.29) is 17.8 Å². The van der Waals surface area contributed by atoms with Gasteiger partial charge in [0.2, 0.25) is 0 Å². The largest absolute Gasteiger partial charge is 0.494 e. The maximum Gasteiger partial charge on any atom is 0.319 e. The van der Waals surface area contributed by atoms with Gasteiger partial charge in [-0.15, -0.1) is 0 Å². The van der Waals surface area contributed by atoms with Crippen LogP contribution >= 0.6 is 0 Å². The van der Waals surface area contributed by atoms with Crippen molar-refractivity contribution in [3.8, 4) is 5.75 Å². The molecule has 0 heterocycles. The first-order valence-electron chi connectivity index (χ1n) is 24.2. The molecule has 8 nitrogen and oxygen atoms in total. The predicted octanol–water partition coefficient (Wildman–Crippen LogP) is 15.7. The number of rotatable bonds is 32. The molecule has 2 amide bonds. The zero-order chi connectivity index (χ0) is 44.6. The van der Waals surface area contributed by atoms with Crippen LogP contribution in [0, 0.1) is 0 Å². The summed E-state index contributed by atoms with van der Waals surface area (Å²) in [5.74, 6) is 1.05. The van der Waals surface area contributed by atoms with Gasteiger partial charge >= 0.3 is 6.03 Å². The molecule has 0 bridgehead atoms. The zero-order valence-corrected chi connectivity index (χ0v) is 40.4. The molecule has 0 aromatic heterocycles. The Kier molecular flexibility index (Phi) is 23.8. The number of benzene rings is 3. The maximum absolute atomic E-state index is 14.5. The molecule has 0 unspecified atom stereocenters. The third-order valence-electron chi connectivity index (χ3n) is 11.8. The number of hydrogen-bond donors (Lipinski definition) is 3. The van der Waals surface area contributed by atoms with E-state index in [1.807, 2.05) is 70.2 Å². The minimum Gasteiger partial charge on any atom is -0.494 e. The highest BCUT2D eigenvalue weighted by atomic mass is 32.2. The molecule has 3 aromatic carbocycles. The fourth-order valence-electron chi connectivity index (χ4n) is 8.01. The summed E-state index contributed by atoms with van der Waals surface area (Å²) in [7, 11) is -4.02. The van der Waals surface area contributed by atoms with Crippen molar-refractivity contribution in [2.75, 3.05) is 28.1 Å². The minimum atomic E-state index is -4.02. The van der Waals surface area contributed by atoms with Crippen molar-refractivity contribution in [3.05, 3.63) is 71.3 Å². The third kappa shape index (κ3) is 18.3. The van der Waals surface area contributed by atoms with Gasteiger partial charge in [0.05, 0.1) is 28.6 Å². The Balaban J connectivity index is 1.76. The first-order chi connectivity index (χ1) is 29.3. The Morgan fingerprint density at radius 2 is 1.07 bits per heavy atom. The fraction of sp³-hybridized carbons (Fsp3) is 0.635. The number of urea groups is 1. The number of carbonyl (C=O) groups excluding carboxylic acids is 1. The number of nitrogens with one attached hydrogen (secondary N) is 2. The van der Waals surface area contributed by atoms with Crippen molar-refractivity contribution < 1.29 is 17.9 Å². The lowest BCUT2D eigenvalue weighted by atomic mass is 9.89. The van der Waals surface area contributed by atoms with Crippen molar-refractivity contribution in [1.29, 1.82) is 0 Å². The first-order valence-corrected chi connectivity index (χ1v) is 25.7. The summed E-state index contributed by atoms with van der Waals surface area (Å²) in [6.07, 6.45) is 24.8. The molecule has 61 heavy (non-hydrogen) atoms. The van der Waals surface area contributed by atoms with Crippen LogP contribution in [0.15, 0.2) is 59.5 Å². The Morgan fingerprint density at radius 1 is 0.607 bits per heavy atom. The van der Waals surface area contributed by atoms with E-state index < -0.39 is 16.1 Å². The van der Waals surface area contributed by atoms with E-state index in [1.54, 1.807) is 17.0 Å². The average Bonchev–Trinajstić information content (AvgIpc) is 3.22. The molecule has 3 rings (SSSR count). The highest BCUT2D eigenvalue weighted by molar-refractivity contribution is 7.92. The molecule has 4 N–H and O–H groups in total. The summed E-state index contributed by atoms with van der Waals surface area (Å²) in [5.41, 5.74) is 11.2. The lowest BCUT2D eigenvalue weighted by Gasteiger charge is -2.26. The van der Waals surface area contributed by atoms with Gasteiger partial charge in [-0.1, -0.05) is 183 Å². The first kappa shape index (κ1) is 51.6. The summed E-state index contributed by atoms with van der Waals surface area (Å²) in [4.78, 5) is 15.1. The highest BCUT2D eigenvalue weighted by Crippen LogP contribution is 2.38. The normalized spacial score (nSPS) is 11.8. The summed E-state index contributed by atoms with van der Waals surface area (Å²) >= 11 is 0. The maximum atomic E-state index is 14.5. The van der Waals surface area contributed by atoms with Crippen molar-refractivity contribution in [2.24, 2.45) is 5.73 Å². The van der Waals surface area contributed by atoms with Crippen LogP contribution in [0.2, 0.25) is 0 Å². The molecule has 0 spiro atoms. The van der Waals surface area contributed by atoms with Gasteiger partial charge in [0.1, 0.15) is 5.75 Å². The van der Waals surface area contributed by atoms with E-state index in [1.165, 1.54) is 96.3 Å². The van der Waals surface area contributed by atoms with E-state index in [0.717, 1.165) is 60.2 Å². The molecule has 3 aromatic rings. The molecule has 0 saturated heterocycles. The Bertz CT molecular complexity index is 1780. The number of amides is 2.